The topological polar surface area (TPSA) is 88.4 Å². The molecule has 1 aliphatic heterocycles. The van der Waals surface area contributed by atoms with Gasteiger partial charge >= 0.3 is 5.97 Å². The lowest BCUT2D eigenvalue weighted by Crippen LogP contribution is -2.40. The van der Waals surface area contributed by atoms with Gasteiger partial charge in [0.1, 0.15) is 18.4 Å². The summed E-state index contributed by atoms with van der Waals surface area (Å²) < 4.78 is 25.1. The number of carbonyl (C=O) groups excluding carboxylic acids is 1. The molecule has 0 fully saturated rings. The van der Waals surface area contributed by atoms with Crippen LogP contribution in [0.4, 0.5) is 0 Å². The number of methoxy groups -OCH3 is 1. The van der Waals surface area contributed by atoms with Crippen molar-refractivity contribution in [2.24, 2.45) is 4.99 Å². The summed E-state index contributed by atoms with van der Waals surface area (Å²) in [6, 6.07) is 19.6. The van der Waals surface area contributed by atoms with E-state index in [1.807, 2.05) is 68.4 Å². The van der Waals surface area contributed by atoms with Gasteiger partial charge in [-0.05, 0) is 63.6 Å². The summed E-state index contributed by atoms with van der Waals surface area (Å²) in [6.45, 7) is 7.83. The largest absolute Gasteiger partial charge is 0.493 e. The van der Waals surface area contributed by atoms with Crippen molar-refractivity contribution in [2.45, 2.75) is 46.4 Å². The molecule has 5 rings (SSSR count). The number of esters is 1. The molecule has 44 heavy (non-hydrogen) atoms. The minimum absolute atomic E-state index is 0.116. The Morgan fingerprint density at radius 2 is 1.82 bits per heavy atom. The first-order valence-corrected chi connectivity index (χ1v) is 15.4. The summed E-state index contributed by atoms with van der Waals surface area (Å²) in [4.78, 5) is 32.5. The Kier molecular flexibility index (Phi) is 9.56. The van der Waals surface area contributed by atoms with Gasteiger partial charge < -0.3 is 18.9 Å². The molecule has 0 unspecified atom stereocenters. The van der Waals surface area contributed by atoms with Gasteiger partial charge in [0.25, 0.3) is 5.56 Å². The first kappa shape index (κ1) is 31.1. The molecule has 2 heterocycles. The fourth-order valence-corrected chi connectivity index (χ4v) is 6.21. The molecule has 1 aliphatic rings. The number of allylic oxidation sites excluding steroid dienone is 1. The smallest absolute Gasteiger partial charge is 0.338 e. The second-order valence-electron chi connectivity index (χ2n) is 10.3. The second kappa shape index (κ2) is 13.5. The molecule has 0 radical (unpaired) electrons. The lowest BCUT2D eigenvalue weighted by Gasteiger charge is -2.26. The Bertz CT molecular complexity index is 1910. The van der Waals surface area contributed by atoms with Crippen molar-refractivity contribution in [3.05, 3.63) is 119 Å². The number of para-hydroxylation sites is 1. The number of hydrogen-bond donors (Lipinski definition) is 0. The Labute approximate surface area is 264 Å². The number of hydrogen-bond acceptors (Lipinski definition) is 8. The Morgan fingerprint density at radius 1 is 1.07 bits per heavy atom. The molecular formula is C34H33ClN2O6S. The molecule has 0 bridgehead atoms. The Morgan fingerprint density at radius 3 is 2.55 bits per heavy atom. The predicted molar refractivity (Wildman–Crippen MR) is 171 cm³/mol. The van der Waals surface area contributed by atoms with E-state index in [1.54, 1.807) is 43.7 Å². The molecule has 0 saturated heterocycles. The molecule has 228 valence electrons. The van der Waals surface area contributed by atoms with Gasteiger partial charge in [0.05, 0.1) is 35.6 Å². The zero-order valence-electron chi connectivity index (χ0n) is 25.1. The van der Waals surface area contributed by atoms with Crippen LogP contribution in [0, 0.1) is 0 Å². The molecule has 10 heteroatoms. The number of fused-ring (bicyclic) bond motifs is 1. The molecule has 3 aromatic carbocycles. The quantitative estimate of drug-likeness (QED) is 0.205. The monoisotopic (exact) mass is 632 g/mol. The number of benzene rings is 3. The molecule has 4 aromatic rings. The fourth-order valence-electron chi connectivity index (χ4n) is 4.97. The molecular weight excluding hydrogens is 600 g/mol. The van der Waals surface area contributed by atoms with Gasteiger partial charge in [-0.3, -0.25) is 9.36 Å². The first-order chi connectivity index (χ1) is 21.2. The molecule has 0 spiro atoms. The molecule has 1 atom stereocenters. The average molecular weight is 633 g/mol. The van der Waals surface area contributed by atoms with E-state index in [4.69, 9.17) is 30.5 Å². The van der Waals surface area contributed by atoms with Crippen molar-refractivity contribution in [2.75, 3.05) is 13.7 Å². The minimum Gasteiger partial charge on any atom is -0.493 e. The minimum atomic E-state index is -0.780. The maximum atomic E-state index is 14.1. The normalized spacial score (nSPS) is 14.7. The van der Waals surface area contributed by atoms with Crippen molar-refractivity contribution in [1.82, 2.24) is 4.57 Å². The van der Waals surface area contributed by atoms with Crippen molar-refractivity contribution in [1.29, 1.82) is 0 Å². The lowest BCUT2D eigenvalue weighted by molar-refractivity contribution is -0.139. The van der Waals surface area contributed by atoms with E-state index in [2.05, 4.69) is 4.99 Å². The lowest BCUT2D eigenvalue weighted by atomic mass is 9.95. The van der Waals surface area contributed by atoms with Crippen molar-refractivity contribution in [3.63, 3.8) is 0 Å². The summed E-state index contributed by atoms with van der Waals surface area (Å²) in [7, 11) is 1.56. The molecule has 1 aromatic heterocycles. The van der Waals surface area contributed by atoms with Gasteiger partial charge in [0.15, 0.2) is 16.3 Å². The zero-order valence-corrected chi connectivity index (χ0v) is 26.7. The highest BCUT2D eigenvalue weighted by atomic mass is 35.5. The summed E-state index contributed by atoms with van der Waals surface area (Å²) in [5.41, 5.74) is 2.76. The number of thiazole rings is 1. The van der Waals surface area contributed by atoms with Crippen LogP contribution in [0.15, 0.2) is 87.8 Å². The third-order valence-electron chi connectivity index (χ3n) is 6.92. The molecule has 0 N–H and O–H groups in total. The van der Waals surface area contributed by atoms with E-state index < -0.39 is 12.0 Å². The SMILES string of the molecule is CCOC(=O)C1=C(C)N=c2s/c(=C/c3ccc(OCc4ccccc4Cl)c(OC)c3)c(=O)n2[C@@H]1c1ccccc1OC(C)C. The van der Waals surface area contributed by atoms with Crippen LogP contribution >= 0.6 is 22.9 Å². The highest BCUT2D eigenvalue weighted by Crippen LogP contribution is 2.36. The number of carbonyl (C=O) groups is 1. The van der Waals surface area contributed by atoms with Crippen LogP contribution in [0.2, 0.25) is 5.02 Å². The maximum absolute atomic E-state index is 14.1. The Hall–Kier alpha value is -4.34. The summed E-state index contributed by atoms with van der Waals surface area (Å²) in [6.07, 6.45) is 1.66. The second-order valence-corrected chi connectivity index (χ2v) is 11.7. The third-order valence-corrected chi connectivity index (χ3v) is 8.27. The Balaban J connectivity index is 1.58. The average Bonchev–Trinajstić information content (AvgIpc) is 3.30. The number of ether oxygens (including phenoxy) is 4. The molecule has 8 nitrogen and oxygen atoms in total. The standard InChI is InChI=1S/C34H33ClN2O6S/c1-6-41-33(39)30-21(4)36-34-37(31(30)24-12-8-10-14-26(24)43-20(2)3)32(38)29(44-34)18-22-15-16-27(28(17-22)40-5)42-19-23-11-7-9-13-25(23)35/h7-18,20,31H,6,19H2,1-5H3/b29-18+/t31-/m1/s1. The number of aromatic nitrogens is 1. The van der Waals surface area contributed by atoms with Gasteiger partial charge in [-0.2, -0.15) is 0 Å². The van der Waals surface area contributed by atoms with Crippen molar-refractivity contribution < 1.29 is 23.7 Å². The number of rotatable bonds is 10. The van der Waals surface area contributed by atoms with E-state index in [-0.39, 0.29) is 24.9 Å². The van der Waals surface area contributed by atoms with Gasteiger partial charge in [0, 0.05) is 16.1 Å². The first-order valence-electron chi connectivity index (χ1n) is 14.2. The van der Waals surface area contributed by atoms with Crippen LogP contribution in [-0.4, -0.2) is 30.4 Å². The van der Waals surface area contributed by atoms with Crippen molar-refractivity contribution in [3.8, 4) is 17.2 Å². The van der Waals surface area contributed by atoms with Gasteiger partial charge in [0.2, 0.25) is 0 Å². The number of halogens is 1. The van der Waals surface area contributed by atoms with E-state index in [0.717, 1.165) is 11.1 Å². The predicted octanol–water partition coefficient (Wildman–Crippen LogP) is 5.83. The van der Waals surface area contributed by atoms with Gasteiger partial charge in [-0.15, -0.1) is 0 Å². The van der Waals surface area contributed by atoms with Crippen LogP contribution in [0.5, 0.6) is 17.2 Å². The van der Waals surface area contributed by atoms with Crippen LogP contribution in [-0.2, 0) is 16.1 Å². The molecule has 0 aliphatic carbocycles. The molecule has 0 saturated carbocycles. The molecule has 0 amide bonds. The summed E-state index contributed by atoms with van der Waals surface area (Å²) in [5.74, 6) is 1.11. The number of nitrogens with zero attached hydrogens (tertiary/aromatic N) is 2. The highest BCUT2D eigenvalue weighted by Gasteiger charge is 2.35. The van der Waals surface area contributed by atoms with E-state index in [1.165, 1.54) is 11.3 Å². The van der Waals surface area contributed by atoms with Crippen LogP contribution in [0.1, 0.15) is 50.4 Å². The third kappa shape index (κ3) is 6.44. The summed E-state index contributed by atoms with van der Waals surface area (Å²) >= 11 is 7.53. The highest BCUT2D eigenvalue weighted by molar-refractivity contribution is 7.07. The van der Waals surface area contributed by atoms with Crippen LogP contribution in [0.3, 0.4) is 0 Å². The maximum Gasteiger partial charge on any atom is 0.338 e. The van der Waals surface area contributed by atoms with Crippen LogP contribution < -0.4 is 29.1 Å². The van der Waals surface area contributed by atoms with Crippen molar-refractivity contribution >= 4 is 35.0 Å². The van der Waals surface area contributed by atoms with Gasteiger partial charge in [-0.25, -0.2) is 9.79 Å². The van der Waals surface area contributed by atoms with E-state index >= 15 is 0 Å². The summed E-state index contributed by atoms with van der Waals surface area (Å²) in [5, 5.41) is 0.622. The fraction of sp³-hybridized carbons (Fsp3) is 0.265. The van der Waals surface area contributed by atoms with E-state index in [0.29, 0.717) is 48.4 Å². The zero-order chi connectivity index (χ0) is 31.4. The van der Waals surface area contributed by atoms with Crippen LogP contribution in [0.25, 0.3) is 6.08 Å². The van der Waals surface area contributed by atoms with Gasteiger partial charge in [-0.1, -0.05) is 65.4 Å². The van der Waals surface area contributed by atoms with E-state index in [9.17, 15) is 9.59 Å².